The van der Waals surface area contributed by atoms with Gasteiger partial charge in [0.15, 0.2) is 0 Å². The topological polar surface area (TPSA) is 111 Å². The van der Waals surface area contributed by atoms with E-state index in [2.05, 4.69) is 15.5 Å². The zero-order valence-corrected chi connectivity index (χ0v) is 21.4. The number of piperidine rings is 1. The van der Waals surface area contributed by atoms with Gasteiger partial charge in [0.1, 0.15) is 17.7 Å². The average Bonchev–Trinajstić information content (AvgIpc) is 3.25. The van der Waals surface area contributed by atoms with Gasteiger partial charge in [-0.2, -0.15) is 0 Å². The van der Waals surface area contributed by atoms with Crippen LogP contribution < -0.4 is 15.4 Å². The van der Waals surface area contributed by atoms with E-state index in [0.717, 1.165) is 59.5 Å². The standard InChI is InChI=1S/C28H34N6O2/c1-17(29)33-11-9-21(10-12-33)36-22-7-8-23-25(15-22)34(27(35)28(23,2)3)16-20-13-18-5-6-19(26(30)31)14-24(18)32(20)4/h5-8,13-15,21,29H,9-12,16H2,1-4H3,(H3,30,31). The number of amidine groups is 2. The molecule has 8 nitrogen and oxygen atoms in total. The van der Waals surface area contributed by atoms with Crippen LogP contribution in [0.2, 0.25) is 0 Å². The van der Waals surface area contributed by atoms with Crippen molar-refractivity contribution >= 4 is 34.2 Å². The number of rotatable bonds is 5. The first-order chi connectivity index (χ1) is 17.1. The van der Waals surface area contributed by atoms with E-state index in [1.165, 1.54) is 0 Å². The number of nitrogens with one attached hydrogen (secondary N) is 2. The molecule has 188 valence electrons. The highest BCUT2D eigenvalue weighted by molar-refractivity contribution is 6.07. The normalized spacial score (nSPS) is 17.5. The Bertz CT molecular complexity index is 1380. The number of amides is 1. The molecule has 3 heterocycles. The fourth-order valence-electron chi connectivity index (χ4n) is 5.43. The smallest absolute Gasteiger partial charge is 0.237 e. The van der Waals surface area contributed by atoms with Crippen molar-refractivity contribution in [2.24, 2.45) is 12.8 Å². The van der Waals surface area contributed by atoms with Crippen LogP contribution in [-0.4, -0.2) is 46.2 Å². The molecule has 0 atom stereocenters. The van der Waals surface area contributed by atoms with Crippen molar-refractivity contribution in [2.75, 3.05) is 18.0 Å². The van der Waals surface area contributed by atoms with E-state index < -0.39 is 5.41 Å². The summed E-state index contributed by atoms with van der Waals surface area (Å²) in [5.41, 5.74) is 9.64. The largest absolute Gasteiger partial charge is 0.490 e. The molecule has 1 fully saturated rings. The maximum Gasteiger partial charge on any atom is 0.237 e. The Balaban J connectivity index is 1.42. The van der Waals surface area contributed by atoms with Crippen LogP contribution in [-0.2, 0) is 23.8 Å². The van der Waals surface area contributed by atoms with Crippen molar-refractivity contribution in [3.63, 3.8) is 0 Å². The highest BCUT2D eigenvalue weighted by atomic mass is 16.5. The van der Waals surface area contributed by atoms with Gasteiger partial charge in [0, 0.05) is 55.8 Å². The summed E-state index contributed by atoms with van der Waals surface area (Å²) in [4.78, 5) is 17.5. The first-order valence-electron chi connectivity index (χ1n) is 12.4. The van der Waals surface area contributed by atoms with Gasteiger partial charge in [-0.05, 0) is 49.9 Å². The summed E-state index contributed by atoms with van der Waals surface area (Å²) in [5.74, 6) is 1.49. The van der Waals surface area contributed by atoms with Gasteiger partial charge in [-0.15, -0.1) is 0 Å². The van der Waals surface area contributed by atoms with Crippen molar-refractivity contribution in [3.05, 3.63) is 59.3 Å². The lowest BCUT2D eigenvalue weighted by Crippen LogP contribution is -2.40. The van der Waals surface area contributed by atoms with E-state index >= 15 is 0 Å². The SMILES string of the molecule is CC(=N)N1CCC(Oc2ccc3c(c2)N(Cc2cc4ccc(C(=N)N)cc4n2C)C(=O)C3(C)C)CC1. The lowest BCUT2D eigenvalue weighted by atomic mass is 9.86. The van der Waals surface area contributed by atoms with Gasteiger partial charge >= 0.3 is 0 Å². The van der Waals surface area contributed by atoms with Crippen molar-refractivity contribution in [1.29, 1.82) is 10.8 Å². The number of hydrogen-bond donors (Lipinski definition) is 3. The number of fused-ring (bicyclic) bond motifs is 2. The van der Waals surface area contributed by atoms with E-state index in [-0.39, 0.29) is 17.8 Å². The molecule has 5 rings (SSSR count). The van der Waals surface area contributed by atoms with E-state index in [0.29, 0.717) is 17.9 Å². The van der Waals surface area contributed by atoms with Crippen LogP contribution in [0, 0.1) is 10.8 Å². The van der Waals surface area contributed by atoms with E-state index in [4.69, 9.17) is 21.3 Å². The van der Waals surface area contributed by atoms with Gasteiger partial charge in [0.2, 0.25) is 5.91 Å². The fraction of sp³-hybridized carbons (Fsp3) is 0.393. The number of nitrogens with zero attached hydrogens (tertiary/aromatic N) is 3. The van der Waals surface area contributed by atoms with Gasteiger partial charge in [0.25, 0.3) is 0 Å². The minimum absolute atomic E-state index is 0.0382. The average molecular weight is 487 g/mol. The number of carbonyl (C=O) groups excluding carboxylic acids is 1. The molecule has 0 saturated carbocycles. The first kappa shape index (κ1) is 23.9. The Labute approximate surface area is 211 Å². The molecule has 3 aromatic rings. The molecule has 0 aliphatic carbocycles. The molecule has 2 aliphatic heterocycles. The minimum atomic E-state index is -0.618. The maximum absolute atomic E-state index is 13.6. The van der Waals surface area contributed by atoms with Gasteiger partial charge in [0.05, 0.1) is 23.5 Å². The van der Waals surface area contributed by atoms with Gasteiger partial charge in [-0.1, -0.05) is 18.2 Å². The number of anilines is 1. The number of nitrogens with two attached hydrogens (primary N) is 1. The zero-order valence-electron chi connectivity index (χ0n) is 21.4. The summed E-state index contributed by atoms with van der Waals surface area (Å²) in [6, 6.07) is 13.8. The summed E-state index contributed by atoms with van der Waals surface area (Å²) < 4.78 is 8.41. The molecule has 36 heavy (non-hydrogen) atoms. The molecule has 1 saturated heterocycles. The Kier molecular flexibility index (Phi) is 5.77. The monoisotopic (exact) mass is 486 g/mol. The van der Waals surface area contributed by atoms with Gasteiger partial charge in [-0.3, -0.25) is 15.6 Å². The molecular weight excluding hydrogens is 452 g/mol. The zero-order chi connectivity index (χ0) is 25.8. The molecule has 0 unspecified atom stereocenters. The Morgan fingerprint density at radius 1 is 1.11 bits per heavy atom. The quantitative estimate of drug-likeness (QED) is 0.372. The number of carbonyl (C=O) groups is 1. The van der Waals surface area contributed by atoms with Gasteiger partial charge < -0.3 is 24.8 Å². The molecule has 0 bridgehead atoms. The highest BCUT2D eigenvalue weighted by Crippen LogP contribution is 2.44. The molecule has 2 aliphatic rings. The van der Waals surface area contributed by atoms with Crippen molar-refractivity contribution in [2.45, 2.75) is 51.7 Å². The Morgan fingerprint density at radius 3 is 2.50 bits per heavy atom. The van der Waals surface area contributed by atoms with Crippen LogP contribution in [0.25, 0.3) is 10.9 Å². The fourth-order valence-corrected chi connectivity index (χ4v) is 5.43. The molecule has 0 spiro atoms. The third-order valence-corrected chi connectivity index (χ3v) is 7.71. The third-order valence-electron chi connectivity index (χ3n) is 7.71. The molecule has 4 N–H and O–H groups in total. The molecule has 0 radical (unpaired) electrons. The van der Waals surface area contributed by atoms with Crippen LogP contribution in [0.5, 0.6) is 5.75 Å². The first-order valence-corrected chi connectivity index (χ1v) is 12.4. The summed E-state index contributed by atoms with van der Waals surface area (Å²) in [5, 5.41) is 16.6. The second-order valence-corrected chi connectivity index (χ2v) is 10.5. The summed E-state index contributed by atoms with van der Waals surface area (Å²) in [6.07, 6.45) is 1.85. The lowest BCUT2D eigenvalue weighted by Gasteiger charge is -2.33. The van der Waals surface area contributed by atoms with Crippen LogP contribution in [0.4, 0.5) is 5.69 Å². The third kappa shape index (κ3) is 4.00. The number of benzene rings is 2. The Morgan fingerprint density at radius 2 is 1.83 bits per heavy atom. The lowest BCUT2D eigenvalue weighted by molar-refractivity contribution is -0.122. The molecule has 2 aromatic carbocycles. The number of aryl methyl sites for hydroxylation is 1. The summed E-state index contributed by atoms with van der Waals surface area (Å²) >= 11 is 0. The molecule has 1 aromatic heterocycles. The van der Waals surface area contributed by atoms with Crippen molar-refractivity contribution in [1.82, 2.24) is 9.47 Å². The van der Waals surface area contributed by atoms with Gasteiger partial charge in [-0.25, -0.2) is 0 Å². The van der Waals surface area contributed by atoms with E-state index in [1.807, 2.05) is 69.1 Å². The second kappa shape index (κ2) is 8.69. The minimum Gasteiger partial charge on any atom is -0.490 e. The summed E-state index contributed by atoms with van der Waals surface area (Å²) in [6.45, 7) is 7.88. The predicted molar refractivity (Wildman–Crippen MR) is 143 cm³/mol. The molecular formula is C28H34N6O2. The Hall–Kier alpha value is -3.81. The number of ether oxygens (including phenoxy) is 1. The highest BCUT2D eigenvalue weighted by Gasteiger charge is 2.44. The number of aromatic nitrogens is 1. The number of likely N-dealkylation sites (tertiary alicyclic amines) is 1. The maximum atomic E-state index is 13.6. The van der Waals surface area contributed by atoms with Crippen molar-refractivity contribution in [3.8, 4) is 5.75 Å². The van der Waals surface area contributed by atoms with Crippen LogP contribution in [0.3, 0.4) is 0 Å². The number of hydrogen-bond acceptors (Lipinski definition) is 4. The molecule has 8 heteroatoms. The number of nitrogen functional groups attached to an aromatic ring is 1. The second-order valence-electron chi connectivity index (χ2n) is 10.5. The summed E-state index contributed by atoms with van der Waals surface area (Å²) in [7, 11) is 1.98. The van der Waals surface area contributed by atoms with Crippen molar-refractivity contribution < 1.29 is 9.53 Å². The van der Waals surface area contributed by atoms with Crippen LogP contribution in [0.1, 0.15) is 50.4 Å². The van der Waals surface area contributed by atoms with Crippen LogP contribution in [0.15, 0.2) is 42.5 Å². The van der Waals surface area contributed by atoms with Crippen LogP contribution >= 0.6 is 0 Å². The molecule has 1 amide bonds. The van der Waals surface area contributed by atoms with E-state index in [1.54, 1.807) is 0 Å². The predicted octanol–water partition coefficient (Wildman–Crippen LogP) is 4.13. The van der Waals surface area contributed by atoms with E-state index in [9.17, 15) is 4.79 Å².